The zero-order valence-electron chi connectivity index (χ0n) is 19.3. The number of guanidine groups is 1. The quantitative estimate of drug-likeness (QED) is 0.212. The molecule has 178 valence electrons. The first-order chi connectivity index (χ1) is 14.6. The maximum absolute atomic E-state index is 10.3. The van der Waals surface area contributed by atoms with Crippen molar-refractivity contribution in [2.45, 2.75) is 45.9 Å². The Morgan fingerprint density at radius 3 is 2.55 bits per heavy atom. The summed E-state index contributed by atoms with van der Waals surface area (Å²) in [6.07, 6.45) is 0.516. The lowest BCUT2D eigenvalue weighted by Crippen LogP contribution is -2.47. The van der Waals surface area contributed by atoms with Gasteiger partial charge in [-0.2, -0.15) is 0 Å². The van der Waals surface area contributed by atoms with Crippen molar-refractivity contribution >= 4 is 29.9 Å². The molecule has 1 aromatic rings. The van der Waals surface area contributed by atoms with Gasteiger partial charge in [0.2, 0.25) is 0 Å². The van der Waals surface area contributed by atoms with Crippen LogP contribution >= 0.6 is 24.0 Å². The lowest BCUT2D eigenvalue weighted by Gasteiger charge is -2.34. The van der Waals surface area contributed by atoms with Crippen molar-refractivity contribution in [3.63, 3.8) is 0 Å². The Hall–Kier alpha value is -0.940. The molecule has 1 aliphatic heterocycles. The molecule has 1 aromatic carbocycles. The van der Waals surface area contributed by atoms with E-state index in [2.05, 4.69) is 29.4 Å². The smallest absolute Gasteiger partial charge is 0.191 e. The van der Waals surface area contributed by atoms with Crippen LogP contribution in [-0.2, 0) is 16.1 Å². The number of hydrogen-bond acceptors (Lipinski definition) is 5. The number of halogens is 1. The normalized spacial score (nSPS) is 17.1. The molecule has 7 nitrogen and oxygen atoms in total. The lowest BCUT2D eigenvalue weighted by atomic mass is 10.0. The van der Waals surface area contributed by atoms with E-state index in [0.29, 0.717) is 25.1 Å². The third-order valence-electron chi connectivity index (χ3n) is 5.04. The number of rotatable bonds is 12. The number of benzene rings is 1. The maximum Gasteiger partial charge on any atom is 0.191 e. The molecule has 0 bridgehead atoms. The minimum absolute atomic E-state index is 0. The number of nitrogens with one attached hydrogen (secondary N) is 2. The molecule has 0 saturated carbocycles. The van der Waals surface area contributed by atoms with Crippen LogP contribution in [-0.4, -0.2) is 80.7 Å². The molecule has 0 amide bonds. The van der Waals surface area contributed by atoms with Gasteiger partial charge in [-0.05, 0) is 24.8 Å². The fourth-order valence-electron chi connectivity index (χ4n) is 3.52. The van der Waals surface area contributed by atoms with Crippen molar-refractivity contribution in [2.24, 2.45) is 10.9 Å². The SMILES string of the molecule is CCNC(=NCC(CC(C)C)N1CCOCC1)NCC(O)COCc1ccccc1.I. The topological polar surface area (TPSA) is 78.4 Å². The summed E-state index contributed by atoms with van der Waals surface area (Å²) in [7, 11) is 0. The molecule has 31 heavy (non-hydrogen) atoms. The van der Waals surface area contributed by atoms with E-state index in [9.17, 15) is 5.11 Å². The molecule has 3 N–H and O–H groups in total. The number of aliphatic imine (C=N–C) groups is 1. The summed E-state index contributed by atoms with van der Waals surface area (Å²) < 4.78 is 11.1. The molecule has 0 aromatic heterocycles. The van der Waals surface area contributed by atoms with E-state index in [-0.39, 0.29) is 30.6 Å². The predicted octanol–water partition coefficient (Wildman–Crippen LogP) is 2.48. The van der Waals surface area contributed by atoms with Crippen molar-refractivity contribution in [3.8, 4) is 0 Å². The van der Waals surface area contributed by atoms with Gasteiger partial charge in [-0.15, -0.1) is 24.0 Å². The van der Waals surface area contributed by atoms with Gasteiger partial charge >= 0.3 is 0 Å². The van der Waals surface area contributed by atoms with E-state index >= 15 is 0 Å². The summed E-state index contributed by atoms with van der Waals surface area (Å²) in [4.78, 5) is 7.29. The summed E-state index contributed by atoms with van der Waals surface area (Å²) in [5.74, 6) is 1.36. The predicted molar refractivity (Wildman–Crippen MR) is 137 cm³/mol. The first kappa shape index (κ1) is 28.1. The van der Waals surface area contributed by atoms with Gasteiger partial charge in [0, 0.05) is 32.2 Å². The number of aliphatic hydroxyl groups excluding tert-OH is 1. The molecule has 2 atom stereocenters. The summed E-state index contributed by atoms with van der Waals surface area (Å²) >= 11 is 0. The van der Waals surface area contributed by atoms with Crippen LogP contribution in [0.4, 0.5) is 0 Å². The van der Waals surface area contributed by atoms with E-state index in [1.54, 1.807) is 0 Å². The Balaban J connectivity index is 0.00000480. The maximum atomic E-state index is 10.3. The van der Waals surface area contributed by atoms with Gasteiger partial charge in [0.25, 0.3) is 0 Å². The summed E-state index contributed by atoms with van der Waals surface area (Å²) in [5, 5.41) is 16.8. The molecule has 0 radical (unpaired) electrons. The van der Waals surface area contributed by atoms with Crippen LogP contribution in [0.1, 0.15) is 32.8 Å². The number of aliphatic hydroxyl groups is 1. The highest BCUT2D eigenvalue weighted by Gasteiger charge is 2.21. The van der Waals surface area contributed by atoms with Crippen LogP contribution in [0.2, 0.25) is 0 Å². The van der Waals surface area contributed by atoms with Crippen LogP contribution in [0.5, 0.6) is 0 Å². The second-order valence-electron chi connectivity index (χ2n) is 8.19. The Morgan fingerprint density at radius 2 is 1.90 bits per heavy atom. The largest absolute Gasteiger partial charge is 0.389 e. The zero-order chi connectivity index (χ0) is 21.6. The van der Waals surface area contributed by atoms with Gasteiger partial charge in [-0.25, -0.2) is 0 Å². The number of nitrogens with zero attached hydrogens (tertiary/aromatic N) is 2. The minimum atomic E-state index is -0.594. The standard InChI is InChI=1S/C23H40N4O3.HI/c1-4-24-23(25-15-21(14-19(2)3)27-10-12-29-13-11-27)26-16-22(28)18-30-17-20-8-6-5-7-9-20;/h5-9,19,21-22,28H,4,10-18H2,1-3H3,(H2,24,25,26);1H. The van der Waals surface area contributed by atoms with E-state index in [1.165, 1.54) is 0 Å². The Kier molecular flexibility index (Phi) is 15.1. The van der Waals surface area contributed by atoms with Gasteiger partial charge in [0.1, 0.15) is 0 Å². The Bertz CT molecular complexity index is 598. The van der Waals surface area contributed by atoms with E-state index < -0.39 is 6.10 Å². The molecular formula is C23H41IN4O3. The first-order valence-electron chi connectivity index (χ1n) is 11.2. The molecule has 1 saturated heterocycles. The van der Waals surface area contributed by atoms with Gasteiger partial charge in [0.15, 0.2) is 5.96 Å². The Labute approximate surface area is 205 Å². The molecule has 0 aliphatic carbocycles. The van der Waals surface area contributed by atoms with Crippen molar-refractivity contribution in [3.05, 3.63) is 35.9 Å². The first-order valence-corrected chi connectivity index (χ1v) is 11.2. The van der Waals surface area contributed by atoms with Crippen LogP contribution in [0.15, 0.2) is 35.3 Å². The van der Waals surface area contributed by atoms with Gasteiger partial charge in [-0.1, -0.05) is 44.2 Å². The monoisotopic (exact) mass is 548 g/mol. The number of morpholine rings is 1. The number of hydrogen-bond donors (Lipinski definition) is 3. The zero-order valence-corrected chi connectivity index (χ0v) is 21.6. The fourth-order valence-corrected chi connectivity index (χ4v) is 3.52. The summed E-state index contributed by atoms with van der Waals surface area (Å²) in [6.45, 7) is 12.8. The van der Waals surface area contributed by atoms with Crippen molar-refractivity contribution in [2.75, 3.05) is 52.5 Å². The molecule has 0 spiro atoms. The number of ether oxygens (including phenoxy) is 2. The van der Waals surface area contributed by atoms with E-state index in [1.807, 2.05) is 37.3 Å². The summed E-state index contributed by atoms with van der Waals surface area (Å²) in [6, 6.07) is 10.4. The van der Waals surface area contributed by atoms with Crippen LogP contribution in [0.3, 0.4) is 0 Å². The summed E-state index contributed by atoms with van der Waals surface area (Å²) in [5.41, 5.74) is 1.10. The second kappa shape index (κ2) is 16.7. The molecular weight excluding hydrogens is 507 g/mol. The van der Waals surface area contributed by atoms with Gasteiger partial charge in [0.05, 0.1) is 39.1 Å². The van der Waals surface area contributed by atoms with Crippen LogP contribution in [0, 0.1) is 5.92 Å². The molecule has 8 heteroatoms. The van der Waals surface area contributed by atoms with Crippen molar-refractivity contribution in [1.82, 2.24) is 15.5 Å². The van der Waals surface area contributed by atoms with Crippen LogP contribution < -0.4 is 10.6 Å². The average molecular weight is 549 g/mol. The third kappa shape index (κ3) is 12.0. The second-order valence-corrected chi connectivity index (χ2v) is 8.19. The average Bonchev–Trinajstić information content (AvgIpc) is 2.76. The highest BCUT2D eigenvalue weighted by molar-refractivity contribution is 14.0. The lowest BCUT2D eigenvalue weighted by molar-refractivity contribution is 0.0142. The third-order valence-corrected chi connectivity index (χ3v) is 5.04. The van der Waals surface area contributed by atoms with E-state index in [4.69, 9.17) is 14.5 Å². The van der Waals surface area contributed by atoms with Gasteiger partial charge in [-0.3, -0.25) is 9.89 Å². The van der Waals surface area contributed by atoms with Crippen LogP contribution in [0.25, 0.3) is 0 Å². The van der Waals surface area contributed by atoms with Crippen molar-refractivity contribution < 1.29 is 14.6 Å². The highest BCUT2D eigenvalue weighted by Crippen LogP contribution is 2.14. The van der Waals surface area contributed by atoms with Gasteiger partial charge < -0.3 is 25.2 Å². The van der Waals surface area contributed by atoms with E-state index in [0.717, 1.165) is 57.3 Å². The molecule has 2 rings (SSSR count). The molecule has 1 heterocycles. The van der Waals surface area contributed by atoms with Crippen molar-refractivity contribution in [1.29, 1.82) is 0 Å². The molecule has 2 unspecified atom stereocenters. The molecule has 1 fully saturated rings. The Morgan fingerprint density at radius 1 is 1.19 bits per heavy atom. The fraction of sp³-hybridized carbons (Fsp3) is 0.696. The molecule has 1 aliphatic rings. The minimum Gasteiger partial charge on any atom is -0.389 e. The highest BCUT2D eigenvalue weighted by atomic mass is 127.